The second-order valence-electron chi connectivity index (χ2n) is 6.36. The Morgan fingerprint density at radius 3 is 2.67 bits per heavy atom. The first kappa shape index (κ1) is 15.6. The molecule has 130 valence electrons. The van der Waals surface area contributed by atoms with E-state index in [1.54, 1.807) is 17.8 Å². The Kier molecular flexibility index (Phi) is 3.84. The van der Waals surface area contributed by atoms with Crippen molar-refractivity contribution in [2.75, 3.05) is 17.9 Å². The molecule has 3 heterocycles. The summed E-state index contributed by atoms with van der Waals surface area (Å²) in [5.41, 5.74) is 0.884. The highest BCUT2D eigenvalue weighted by Gasteiger charge is 2.31. The summed E-state index contributed by atoms with van der Waals surface area (Å²) in [4.78, 5) is 4.07. The fraction of sp³-hybridized carbons (Fsp3) is 0.600. The lowest BCUT2D eigenvalue weighted by Gasteiger charge is -2.19. The number of aryl methyl sites for hydroxylation is 1. The Morgan fingerprint density at radius 2 is 1.96 bits per heavy atom. The van der Waals surface area contributed by atoms with Gasteiger partial charge in [-0.3, -0.25) is 9.40 Å². The van der Waals surface area contributed by atoms with Crippen molar-refractivity contribution in [3.63, 3.8) is 0 Å². The number of nitrogens with one attached hydrogen (secondary N) is 1. The zero-order valence-electron chi connectivity index (χ0n) is 13.4. The first-order valence-corrected chi connectivity index (χ1v) is 9.61. The van der Waals surface area contributed by atoms with Gasteiger partial charge in [0, 0.05) is 38.2 Å². The van der Waals surface area contributed by atoms with Gasteiger partial charge in [-0.1, -0.05) is 0 Å². The molecule has 2 aromatic heterocycles. The molecule has 2 aromatic rings. The zero-order chi connectivity index (χ0) is 16.7. The SMILES string of the molecule is Cn1nc(C2CCOCC2)cc1NS(=O)(=O)c1cnc(C2CC2)o1. The largest absolute Gasteiger partial charge is 0.427 e. The third-order valence-corrected chi connectivity index (χ3v) is 5.67. The van der Waals surface area contributed by atoms with Gasteiger partial charge in [-0.05, 0) is 25.7 Å². The summed E-state index contributed by atoms with van der Waals surface area (Å²) in [5, 5.41) is 4.29. The van der Waals surface area contributed by atoms with Gasteiger partial charge in [0.15, 0.2) is 5.89 Å². The molecule has 1 aliphatic heterocycles. The normalized spacial score (nSPS) is 19.5. The van der Waals surface area contributed by atoms with Crippen molar-refractivity contribution in [1.29, 1.82) is 0 Å². The molecule has 1 aliphatic carbocycles. The van der Waals surface area contributed by atoms with Crippen LogP contribution >= 0.6 is 0 Å². The van der Waals surface area contributed by atoms with Crippen LogP contribution in [0, 0.1) is 0 Å². The summed E-state index contributed by atoms with van der Waals surface area (Å²) in [6.07, 6.45) is 5.07. The molecule has 1 saturated carbocycles. The molecule has 0 atom stereocenters. The van der Waals surface area contributed by atoms with Gasteiger partial charge in [0.05, 0.1) is 11.9 Å². The average Bonchev–Trinajstić information content (AvgIpc) is 3.18. The van der Waals surface area contributed by atoms with Gasteiger partial charge in [0.25, 0.3) is 15.1 Å². The van der Waals surface area contributed by atoms with Gasteiger partial charge >= 0.3 is 0 Å². The molecular weight excluding hydrogens is 332 g/mol. The van der Waals surface area contributed by atoms with Gasteiger partial charge in [0.1, 0.15) is 5.82 Å². The molecule has 8 nitrogen and oxygen atoms in total. The summed E-state index contributed by atoms with van der Waals surface area (Å²) in [6.45, 7) is 1.43. The Balaban J connectivity index is 1.53. The summed E-state index contributed by atoms with van der Waals surface area (Å²) in [7, 11) is -2.08. The van der Waals surface area contributed by atoms with E-state index in [1.165, 1.54) is 6.20 Å². The fourth-order valence-corrected chi connectivity index (χ4v) is 3.83. The van der Waals surface area contributed by atoms with Gasteiger partial charge in [0.2, 0.25) is 0 Å². The summed E-state index contributed by atoms with van der Waals surface area (Å²) < 4.78 is 39.8. The van der Waals surface area contributed by atoms with Gasteiger partial charge in [-0.2, -0.15) is 13.5 Å². The maximum atomic E-state index is 12.5. The predicted molar refractivity (Wildman–Crippen MR) is 85.3 cm³/mol. The topological polar surface area (TPSA) is 99.2 Å². The fourth-order valence-electron chi connectivity index (χ4n) is 2.88. The lowest BCUT2D eigenvalue weighted by Crippen LogP contribution is -2.14. The molecule has 9 heteroatoms. The third-order valence-electron chi connectivity index (χ3n) is 4.47. The molecule has 4 rings (SSSR count). The van der Waals surface area contributed by atoms with E-state index in [0.717, 1.165) is 31.4 Å². The summed E-state index contributed by atoms with van der Waals surface area (Å²) in [5.74, 6) is 1.49. The molecule has 0 amide bonds. The smallest absolute Gasteiger partial charge is 0.298 e. The van der Waals surface area contributed by atoms with Crippen molar-refractivity contribution in [2.24, 2.45) is 7.05 Å². The minimum Gasteiger partial charge on any atom is -0.427 e. The second kappa shape index (κ2) is 5.89. The molecule has 1 saturated heterocycles. The molecule has 0 radical (unpaired) electrons. The predicted octanol–water partition coefficient (Wildman–Crippen LogP) is 1.98. The highest BCUT2D eigenvalue weighted by Crippen LogP contribution is 2.40. The maximum absolute atomic E-state index is 12.5. The van der Waals surface area contributed by atoms with Crippen LogP contribution in [0.25, 0.3) is 0 Å². The van der Waals surface area contributed by atoms with E-state index in [9.17, 15) is 8.42 Å². The number of rotatable bonds is 5. The molecule has 2 aliphatic rings. The van der Waals surface area contributed by atoms with Crippen LogP contribution in [0.15, 0.2) is 21.8 Å². The van der Waals surface area contributed by atoms with Crippen LogP contribution in [0.2, 0.25) is 0 Å². The highest BCUT2D eigenvalue weighted by molar-refractivity contribution is 7.92. The van der Waals surface area contributed by atoms with Crippen molar-refractivity contribution in [3.05, 3.63) is 23.8 Å². The lowest BCUT2D eigenvalue weighted by atomic mass is 9.97. The Labute approximate surface area is 140 Å². The van der Waals surface area contributed by atoms with Crippen LogP contribution in [0.5, 0.6) is 0 Å². The van der Waals surface area contributed by atoms with Crippen molar-refractivity contribution < 1.29 is 17.6 Å². The molecule has 0 unspecified atom stereocenters. The Bertz CT molecular complexity index is 832. The minimum absolute atomic E-state index is 0.154. The van der Waals surface area contributed by atoms with Crippen LogP contribution < -0.4 is 4.72 Å². The van der Waals surface area contributed by atoms with Crippen LogP contribution in [0.1, 0.15) is 49.1 Å². The summed E-state index contributed by atoms with van der Waals surface area (Å²) >= 11 is 0. The number of hydrogen-bond acceptors (Lipinski definition) is 6. The van der Waals surface area contributed by atoms with Crippen molar-refractivity contribution in [3.8, 4) is 0 Å². The third kappa shape index (κ3) is 3.05. The van der Waals surface area contributed by atoms with Crippen molar-refractivity contribution in [2.45, 2.75) is 42.6 Å². The van der Waals surface area contributed by atoms with Gasteiger partial charge in [-0.25, -0.2) is 4.98 Å². The first-order valence-electron chi connectivity index (χ1n) is 8.13. The molecule has 24 heavy (non-hydrogen) atoms. The molecule has 0 spiro atoms. The number of nitrogens with zero attached hydrogens (tertiary/aromatic N) is 3. The zero-order valence-corrected chi connectivity index (χ0v) is 14.3. The molecular formula is C15H20N4O4S. The quantitative estimate of drug-likeness (QED) is 0.883. The van der Waals surface area contributed by atoms with Gasteiger partial charge in [-0.15, -0.1) is 0 Å². The highest BCUT2D eigenvalue weighted by atomic mass is 32.2. The molecule has 0 aromatic carbocycles. The van der Waals surface area contributed by atoms with E-state index < -0.39 is 10.0 Å². The number of ether oxygens (including phenoxy) is 1. The first-order chi connectivity index (χ1) is 11.5. The van der Waals surface area contributed by atoms with E-state index in [2.05, 4.69) is 14.8 Å². The number of aromatic nitrogens is 3. The monoisotopic (exact) mass is 352 g/mol. The second-order valence-corrected chi connectivity index (χ2v) is 7.98. The van der Waals surface area contributed by atoms with Crippen molar-refractivity contribution in [1.82, 2.24) is 14.8 Å². The van der Waals surface area contributed by atoms with E-state index in [-0.39, 0.29) is 11.0 Å². The van der Waals surface area contributed by atoms with E-state index in [4.69, 9.17) is 9.15 Å². The number of sulfonamides is 1. The van der Waals surface area contributed by atoms with E-state index >= 15 is 0 Å². The van der Waals surface area contributed by atoms with Crippen molar-refractivity contribution >= 4 is 15.8 Å². The molecule has 2 fully saturated rings. The number of hydrogen-bond donors (Lipinski definition) is 1. The Morgan fingerprint density at radius 1 is 1.21 bits per heavy atom. The van der Waals surface area contributed by atoms with Gasteiger partial charge < -0.3 is 9.15 Å². The van der Waals surface area contributed by atoms with Crippen LogP contribution in [-0.4, -0.2) is 36.4 Å². The standard InChI is InChI=1S/C15H20N4O4S/c1-19-13(8-12(17-19)10-4-6-22-7-5-10)18-24(20,21)14-9-16-15(23-14)11-2-3-11/h8-11,18H,2-7H2,1H3. The van der Waals surface area contributed by atoms with Crippen LogP contribution in [-0.2, 0) is 21.8 Å². The summed E-state index contributed by atoms with van der Waals surface area (Å²) in [6, 6.07) is 1.78. The van der Waals surface area contributed by atoms with E-state index in [0.29, 0.717) is 30.8 Å². The molecule has 0 bridgehead atoms. The number of anilines is 1. The van der Waals surface area contributed by atoms with Crippen LogP contribution in [0.4, 0.5) is 5.82 Å². The molecule has 1 N–H and O–H groups in total. The average molecular weight is 352 g/mol. The Hall–Kier alpha value is -1.87. The van der Waals surface area contributed by atoms with E-state index in [1.807, 2.05) is 0 Å². The number of oxazole rings is 1. The van der Waals surface area contributed by atoms with Crippen LogP contribution in [0.3, 0.4) is 0 Å². The minimum atomic E-state index is -3.80. The lowest BCUT2D eigenvalue weighted by molar-refractivity contribution is 0.0844. The maximum Gasteiger partial charge on any atom is 0.298 e.